The molecule has 1 aromatic heterocycles. The van der Waals surface area contributed by atoms with Crippen LogP contribution in [0.3, 0.4) is 0 Å². The molecule has 0 aliphatic rings. The van der Waals surface area contributed by atoms with Crippen LogP contribution >= 0.6 is 0 Å². The van der Waals surface area contributed by atoms with Crippen molar-refractivity contribution in [2.75, 3.05) is 9.80 Å². The molecule has 1 heterocycles. The smallest absolute Gasteiger partial charge is 0.159 e. The van der Waals surface area contributed by atoms with Crippen molar-refractivity contribution in [1.82, 2.24) is 0 Å². The van der Waals surface area contributed by atoms with Gasteiger partial charge in [-0.25, -0.2) is 0 Å². The molecule has 0 bridgehead atoms. The van der Waals surface area contributed by atoms with E-state index in [1.807, 2.05) is 12.1 Å². The predicted octanol–water partition coefficient (Wildman–Crippen LogP) is 15.7. The number of rotatable bonds is 7. The van der Waals surface area contributed by atoms with E-state index in [4.69, 9.17) is 4.42 Å². The van der Waals surface area contributed by atoms with Crippen molar-refractivity contribution in [3.05, 3.63) is 200 Å². The fourth-order valence-corrected chi connectivity index (χ4v) is 10.3. The minimum atomic E-state index is -1.44. The lowest BCUT2D eigenvalue weighted by molar-refractivity contribution is 0.669. The van der Waals surface area contributed by atoms with E-state index < -0.39 is 8.07 Å². The second-order valence-corrected chi connectivity index (χ2v) is 21.6. The molecule has 0 atom stereocenters. The lowest BCUT2D eigenvalue weighted by atomic mass is 9.90. The zero-order chi connectivity index (χ0) is 39.7. The highest BCUT2D eigenvalue weighted by molar-refractivity contribution is 6.88. The summed E-state index contributed by atoms with van der Waals surface area (Å²) < 4.78 is 6.59. The van der Waals surface area contributed by atoms with Gasteiger partial charge in [0.05, 0.1) is 13.8 Å². The van der Waals surface area contributed by atoms with Gasteiger partial charge in [0.25, 0.3) is 0 Å². The Kier molecular flexibility index (Phi) is 8.17. The van der Waals surface area contributed by atoms with Gasteiger partial charge in [0.1, 0.15) is 5.58 Å². The summed E-state index contributed by atoms with van der Waals surface area (Å²) in [4.78, 5) is 4.71. The standard InChI is InChI=1S/C55H42N2OSi/c1-59(2,3)43-30-26-40(27-31-43)56(38-15-6-4-7-16-38)42-29-34-46-49-32-25-37-35-41(28-33-44(37)54(49)48-21-11-10-19-45(48)51(46)36-42)57(39-17-8-5-9-18-39)52-23-14-22-50-47-20-12-13-24-53(47)58-55(50)52/h4-36H,1-3H3. The SMILES string of the molecule is C[Si](C)(C)c1ccc(N(c2ccccc2)c2ccc3c(c2)c2ccccc2c2c4ccc(N(c5ccccc5)c5cccc6c5oc5ccccc56)cc4ccc32)cc1. The molecule has 0 amide bonds. The summed E-state index contributed by atoms with van der Waals surface area (Å²) in [7, 11) is -1.44. The van der Waals surface area contributed by atoms with Crippen LogP contribution in [-0.4, -0.2) is 8.07 Å². The van der Waals surface area contributed by atoms with E-state index >= 15 is 0 Å². The van der Waals surface area contributed by atoms with E-state index in [0.29, 0.717) is 0 Å². The fourth-order valence-electron chi connectivity index (χ4n) is 9.08. The number of anilines is 6. The molecule has 11 aromatic rings. The maximum atomic E-state index is 6.59. The van der Waals surface area contributed by atoms with Crippen molar-refractivity contribution < 1.29 is 4.42 Å². The van der Waals surface area contributed by atoms with Gasteiger partial charge in [-0.3, -0.25) is 0 Å². The normalized spacial score (nSPS) is 12.0. The Morgan fingerprint density at radius 1 is 0.356 bits per heavy atom. The van der Waals surface area contributed by atoms with Gasteiger partial charge in [-0.2, -0.15) is 0 Å². The Hall–Kier alpha value is -7.14. The minimum Gasteiger partial charge on any atom is -0.454 e. The van der Waals surface area contributed by atoms with Crippen LogP contribution in [0.1, 0.15) is 0 Å². The Morgan fingerprint density at radius 3 is 1.61 bits per heavy atom. The number of para-hydroxylation sites is 4. The molecule has 0 unspecified atom stereocenters. The monoisotopic (exact) mass is 774 g/mol. The first-order chi connectivity index (χ1) is 28.9. The number of fused-ring (bicyclic) bond motifs is 11. The van der Waals surface area contributed by atoms with Crippen molar-refractivity contribution >= 4 is 112 Å². The van der Waals surface area contributed by atoms with Crippen molar-refractivity contribution in [3.8, 4) is 0 Å². The Balaban J connectivity index is 1.09. The average molecular weight is 775 g/mol. The molecular weight excluding hydrogens is 733 g/mol. The second kappa shape index (κ2) is 13.8. The van der Waals surface area contributed by atoms with Crippen molar-refractivity contribution in [2.45, 2.75) is 19.6 Å². The number of hydrogen-bond donors (Lipinski definition) is 0. The zero-order valence-corrected chi connectivity index (χ0v) is 34.4. The molecule has 10 aromatic carbocycles. The third-order valence-corrected chi connectivity index (χ3v) is 14.0. The lowest BCUT2D eigenvalue weighted by Gasteiger charge is -2.27. The molecule has 0 saturated heterocycles. The highest BCUT2D eigenvalue weighted by Gasteiger charge is 2.22. The molecule has 0 fully saturated rings. The van der Waals surface area contributed by atoms with E-state index in [1.54, 1.807) is 0 Å². The molecule has 11 rings (SSSR count). The number of benzene rings is 10. The second-order valence-electron chi connectivity index (χ2n) is 16.6. The van der Waals surface area contributed by atoms with Crippen LogP contribution < -0.4 is 15.0 Å². The molecule has 0 spiro atoms. The summed E-state index contributed by atoms with van der Waals surface area (Å²) in [5.74, 6) is 0. The molecule has 3 nitrogen and oxygen atoms in total. The molecule has 0 saturated carbocycles. The molecule has 0 N–H and O–H groups in total. The topological polar surface area (TPSA) is 19.6 Å². The Labute approximate surface area is 345 Å². The van der Waals surface area contributed by atoms with Crippen LogP contribution in [0, 0.1) is 0 Å². The van der Waals surface area contributed by atoms with Crippen LogP contribution in [0.25, 0.3) is 65.0 Å². The summed E-state index contributed by atoms with van der Waals surface area (Å²) in [5.41, 5.74) is 8.36. The summed E-state index contributed by atoms with van der Waals surface area (Å²) in [5, 5.41) is 13.6. The average Bonchev–Trinajstić information content (AvgIpc) is 3.67. The van der Waals surface area contributed by atoms with Gasteiger partial charge < -0.3 is 14.2 Å². The summed E-state index contributed by atoms with van der Waals surface area (Å²) in [6.45, 7) is 7.21. The van der Waals surface area contributed by atoms with Crippen LogP contribution in [0.15, 0.2) is 205 Å². The van der Waals surface area contributed by atoms with Gasteiger partial charge >= 0.3 is 0 Å². The highest BCUT2D eigenvalue weighted by atomic mass is 28.3. The Morgan fingerprint density at radius 2 is 0.881 bits per heavy atom. The van der Waals surface area contributed by atoms with Crippen molar-refractivity contribution in [3.63, 3.8) is 0 Å². The van der Waals surface area contributed by atoms with E-state index in [9.17, 15) is 0 Å². The fraction of sp³-hybridized carbons (Fsp3) is 0.0545. The third-order valence-electron chi connectivity index (χ3n) is 11.9. The predicted molar refractivity (Wildman–Crippen MR) is 256 cm³/mol. The van der Waals surface area contributed by atoms with Crippen molar-refractivity contribution in [1.29, 1.82) is 0 Å². The molecule has 282 valence electrons. The molecule has 59 heavy (non-hydrogen) atoms. The maximum absolute atomic E-state index is 6.59. The summed E-state index contributed by atoms with van der Waals surface area (Å²) in [6, 6.07) is 72.8. The minimum absolute atomic E-state index is 0.877. The van der Waals surface area contributed by atoms with Crippen molar-refractivity contribution in [2.24, 2.45) is 0 Å². The van der Waals surface area contributed by atoms with Gasteiger partial charge in [-0.05, 0) is 116 Å². The third kappa shape index (κ3) is 5.87. The molecule has 4 heteroatoms. The van der Waals surface area contributed by atoms with Crippen LogP contribution in [0.2, 0.25) is 19.6 Å². The number of hydrogen-bond acceptors (Lipinski definition) is 3. The molecule has 0 radical (unpaired) electrons. The van der Waals surface area contributed by atoms with Gasteiger partial charge in [-0.15, -0.1) is 0 Å². The maximum Gasteiger partial charge on any atom is 0.159 e. The number of nitrogens with zero attached hydrogens (tertiary/aromatic N) is 2. The van der Waals surface area contributed by atoms with E-state index in [2.05, 4.69) is 217 Å². The number of furan rings is 1. The first-order valence-corrected chi connectivity index (χ1v) is 23.9. The van der Waals surface area contributed by atoms with Crippen LogP contribution in [0.4, 0.5) is 34.1 Å². The van der Waals surface area contributed by atoms with E-state index in [1.165, 1.54) is 48.3 Å². The molecule has 0 aliphatic carbocycles. The van der Waals surface area contributed by atoms with E-state index in [-0.39, 0.29) is 0 Å². The van der Waals surface area contributed by atoms with Gasteiger partial charge in [-0.1, -0.05) is 152 Å². The quantitative estimate of drug-likeness (QED) is 0.119. The van der Waals surface area contributed by atoms with E-state index in [0.717, 1.165) is 56.1 Å². The summed E-state index contributed by atoms with van der Waals surface area (Å²) in [6.07, 6.45) is 0. The molecular formula is C55H42N2OSi. The molecule has 0 aliphatic heterocycles. The largest absolute Gasteiger partial charge is 0.454 e. The summed E-state index contributed by atoms with van der Waals surface area (Å²) >= 11 is 0. The zero-order valence-electron chi connectivity index (χ0n) is 33.4. The van der Waals surface area contributed by atoms with Gasteiger partial charge in [0.15, 0.2) is 5.58 Å². The lowest BCUT2D eigenvalue weighted by Crippen LogP contribution is -2.37. The first kappa shape index (κ1) is 35.1. The Bertz CT molecular complexity index is 3350. The highest BCUT2D eigenvalue weighted by Crippen LogP contribution is 2.46. The van der Waals surface area contributed by atoms with Gasteiger partial charge in [0, 0.05) is 39.2 Å². The van der Waals surface area contributed by atoms with Gasteiger partial charge in [0.2, 0.25) is 0 Å². The van der Waals surface area contributed by atoms with Crippen LogP contribution in [0.5, 0.6) is 0 Å². The first-order valence-electron chi connectivity index (χ1n) is 20.4. The van der Waals surface area contributed by atoms with Crippen LogP contribution in [-0.2, 0) is 0 Å².